The zero-order chi connectivity index (χ0) is 17.9. The van der Waals surface area contributed by atoms with E-state index in [9.17, 15) is 4.79 Å². The van der Waals surface area contributed by atoms with Gasteiger partial charge in [-0.2, -0.15) is 0 Å². The van der Waals surface area contributed by atoms with Crippen molar-refractivity contribution >= 4 is 22.4 Å². The van der Waals surface area contributed by atoms with E-state index in [1.165, 1.54) is 12.8 Å². The third-order valence-electron chi connectivity index (χ3n) is 5.65. The molecule has 0 spiro atoms. The smallest absolute Gasteiger partial charge is 0.225 e. The van der Waals surface area contributed by atoms with Gasteiger partial charge in [0, 0.05) is 31.5 Å². The van der Waals surface area contributed by atoms with Crippen molar-refractivity contribution in [3.05, 3.63) is 24.5 Å². The second kappa shape index (κ2) is 7.78. The van der Waals surface area contributed by atoms with Crippen LogP contribution in [-0.2, 0) is 4.79 Å². The molecule has 6 nitrogen and oxygen atoms in total. The van der Waals surface area contributed by atoms with Crippen LogP contribution in [0, 0.1) is 11.8 Å². The standard InChI is InChI=1S/C19H27N5OS/c1-14-6-8-16(9-7-14)20-17(25)15-5-4-12-24(13-15)19-22-21-18(26-19)23-10-2-3-11-23/h2-3,10-11,14-16H,4-9,12-13H2,1H3,(H,20,25)/t14?,15-,16?/m1/s1. The van der Waals surface area contributed by atoms with E-state index in [2.05, 4.69) is 27.3 Å². The van der Waals surface area contributed by atoms with Gasteiger partial charge in [-0.15, -0.1) is 10.2 Å². The van der Waals surface area contributed by atoms with Gasteiger partial charge < -0.3 is 10.2 Å². The summed E-state index contributed by atoms with van der Waals surface area (Å²) in [6, 6.07) is 4.33. The minimum atomic E-state index is 0.0574. The molecule has 2 aliphatic rings. The molecular formula is C19H27N5OS. The highest BCUT2D eigenvalue weighted by molar-refractivity contribution is 7.17. The zero-order valence-electron chi connectivity index (χ0n) is 15.3. The van der Waals surface area contributed by atoms with Crippen LogP contribution in [0.25, 0.3) is 5.13 Å². The van der Waals surface area contributed by atoms with Gasteiger partial charge in [0.1, 0.15) is 0 Å². The van der Waals surface area contributed by atoms with Crippen LogP contribution < -0.4 is 10.2 Å². The molecule has 1 saturated carbocycles. The first-order valence-electron chi connectivity index (χ1n) is 9.71. The topological polar surface area (TPSA) is 63.1 Å². The van der Waals surface area contributed by atoms with E-state index in [0.29, 0.717) is 6.04 Å². The molecular weight excluding hydrogens is 346 g/mol. The number of aromatic nitrogens is 3. The van der Waals surface area contributed by atoms with Crippen molar-refractivity contribution in [2.24, 2.45) is 11.8 Å². The van der Waals surface area contributed by atoms with Gasteiger partial charge in [-0.3, -0.25) is 9.36 Å². The fourth-order valence-corrected chi connectivity index (χ4v) is 4.84. The van der Waals surface area contributed by atoms with Gasteiger partial charge in [0.2, 0.25) is 16.2 Å². The Bertz CT molecular complexity index is 720. The van der Waals surface area contributed by atoms with Crippen molar-refractivity contribution in [1.82, 2.24) is 20.1 Å². The maximum Gasteiger partial charge on any atom is 0.225 e. The van der Waals surface area contributed by atoms with Crippen molar-refractivity contribution < 1.29 is 4.79 Å². The molecule has 1 aliphatic heterocycles. The van der Waals surface area contributed by atoms with E-state index < -0.39 is 0 Å². The lowest BCUT2D eigenvalue weighted by Crippen LogP contribution is -2.46. The summed E-state index contributed by atoms with van der Waals surface area (Å²) in [4.78, 5) is 15.0. The number of amides is 1. The average Bonchev–Trinajstić information content (AvgIpc) is 3.35. The molecule has 1 amide bonds. The van der Waals surface area contributed by atoms with Crippen molar-refractivity contribution in [2.45, 2.75) is 51.5 Å². The third-order valence-corrected chi connectivity index (χ3v) is 6.65. The Morgan fingerprint density at radius 1 is 1.12 bits per heavy atom. The first kappa shape index (κ1) is 17.5. The van der Waals surface area contributed by atoms with Gasteiger partial charge in [0.05, 0.1) is 5.92 Å². The normalized spacial score (nSPS) is 26.7. The van der Waals surface area contributed by atoms with Gasteiger partial charge in [0.25, 0.3) is 0 Å². The lowest BCUT2D eigenvalue weighted by Gasteiger charge is -2.33. The van der Waals surface area contributed by atoms with Gasteiger partial charge in [-0.25, -0.2) is 0 Å². The predicted molar refractivity (Wildman–Crippen MR) is 104 cm³/mol. The van der Waals surface area contributed by atoms with E-state index in [4.69, 9.17) is 0 Å². The van der Waals surface area contributed by atoms with Crippen molar-refractivity contribution in [1.29, 1.82) is 0 Å². The number of hydrogen-bond donors (Lipinski definition) is 1. The first-order chi connectivity index (χ1) is 12.7. The summed E-state index contributed by atoms with van der Waals surface area (Å²) in [5, 5.41) is 13.7. The largest absolute Gasteiger partial charge is 0.353 e. The average molecular weight is 374 g/mol. The SMILES string of the molecule is CC1CCC(NC(=O)[C@@H]2CCCN(c3nnc(-n4cccc4)s3)C2)CC1. The molecule has 0 radical (unpaired) electrons. The summed E-state index contributed by atoms with van der Waals surface area (Å²) in [6.45, 7) is 4.00. The van der Waals surface area contributed by atoms with Crippen LogP contribution in [0.2, 0.25) is 0 Å². The Labute approximate surface area is 158 Å². The minimum absolute atomic E-state index is 0.0574. The number of hydrogen-bond acceptors (Lipinski definition) is 5. The summed E-state index contributed by atoms with van der Waals surface area (Å²) in [7, 11) is 0. The predicted octanol–water partition coefficient (Wildman–Crippen LogP) is 3.24. The summed E-state index contributed by atoms with van der Waals surface area (Å²) >= 11 is 1.58. The second-order valence-corrected chi connectivity index (χ2v) is 8.64. The second-order valence-electron chi connectivity index (χ2n) is 7.71. The van der Waals surface area contributed by atoms with Gasteiger partial charge >= 0.3 is 0 Å². The maximum atomic E-state index is 12.7. The number of nitrogens with one attached hydrogen (secondary N) is 1. The quantitative estimate of drug-likeness (QED) is 0.894. The Kier molecular flexibility index (Phi) is 5.24. The molecule has 1 aliphatic carbocycles. The van der Waals surface area contributed by atoms with Gasteiger partial charge in [-0.05, 0) is 56.6 Å². The fraction of sp³-hybridized carbons (Fsp3) is 0.632. The van der Waals surface area contributed by atoms with Gasteiger partial charge in [-0.1, -0.05) is 18.3 Å². The minimum Gasteiger partial charge on any atom is -0.353 e. The van der Waals surface area contributed by atoms with Crippen molar-refractivity contribution in [3.63, 3.8) is 0 Å². The number of anilines is 1. The number of carbonyl (C=O) groups excluding carboxylic acids is 1. The van der Waals surface area contributed by atoms with Crippen LogP contribution in [0.15, 0.2) is 24.5 Å². The molecule has 0 bridgehead atoms. The summed E-state index contributed by atoms with van der Waals surface area (Å²) in [5.74, 6) is 1.09. The molecule has 26 heavy (non-hydrogen) atoms. The molecule has 0 unspecified atom stereocenters. The zero-order valence-corrected chi connectivity index (χ0v) is 16.1. The third kappa shape index (κ3) is 3.92. The summed E-state index contributed by atoms with van der Waals surface area (Å²) in [6.07, 6.45) is 10.7. The van der Waals surface area contributed by atoms with Crippen LogP contribution in [0.3, 0.4) is 0 Å². The molecule has 1 atom stereocenters. The molecule has 3 heterocycles. The Balaban J connectivity index is 1.36. The highest BCUT2D eigenvalue weighted by atomic mass is 32.1. The van der Waals surface area contributed by atoms with E-state index in [1.807, 2.05) is 29.1 Å². The van der Waals surface area contributed by atoms with Gasteiger partial charge in [0.15, 0.2) is 0 Å². The number of piperidine rings is 1. The number of nitrogens with zero attached hydrogens (tertiary/aromatic N) is 4. The molecule has 2 fully saturated rings. The van der Waals surface area contributed by atoms with Crippen molar-refractivity contribution in [2.75, 3.05) is 18.0 Å². The summed E-state index contributed by atoms with van der Waals surface area (Å²) < 4.78 is 1.97. The van der Waals surface area contributed by atoms with Crippen LogP contribution >= 0.6 is 11.3 Å². The fourth-order valence-electron chi connectivity index (χ4n) is 3.99. The molecule has 140 valence electrons. The molecule has 1 N–H and O–H groups in total. The molecule has 4 rings (SSSR count). The Hall–Kier alpha value is -1.89. The van der Waals surface area contributed by atoms with Crippen LogP contribution in [0.5, 0.6) is 0 Å². The van der Waals surface area contributed by atoms with Crippen molar-refractivity contribution in [3.8, 4) is 5.13 Å². The van der Waals surface area contributed by atoms with E-state index in [0.717, 1.165) is 55.0 Å². The van der Waals surface area contributed by atoms with Crippen LogP contribution in [-0.4, -0.2) is 39.8 Å². The highest BCUT2D eigenvalue weighted by Gasteiger charge is 2.29. The van der Waals surface area contributed by atoms with E-state index in [-0.39, 0.29) is 11.8 Å². The summed E-state index contributed by atoms with van der Waals surface area (Å²) in [5.41, 5.74) is 0. The molecule has 7 heteroatoms. The number of rotatable bonds is 4. The van der Waals surface area contributed by atoms with Crippen LogP contribution in [0.4, 0.5) is 5.13 Å². The molecule has 2 aromatic heterocycles. The Morgan fingerprint density at radius 2 is 1.85 bits per heavy atom. The molecule has 1 saturated heterocycles. The maximum absolute atomic E-state index is 12.7. The lowest BCUT2D eigenvalue weighted by molar-refractivity contribution is -0.126. The monoisotopic (exact) mass is 373 g/mol. The van der Waals surface area contributed by atoms with E-state index in [1.54, 1.807) is 11.3 Å². The van der Waals surface area contributed by atoms with E-state index >= 15 is 0 Å². The molecule has 2 aromatic rings. The first-order valence-corrected chi connectivity index (χ1v) is 10.5. The molecule has 0 aromatic carbocycles. The Morgan fingerprint density at radius 3 is 2.62 bits per heavy atom. The van der Waals surface area contributed by atoms with Crippen LogP contribution in [0.1, 0.15) is 45.4 Å². The lowest BCUT2D eigenvalue weighted by atomic mass is 9.87. The number of carbonyl (C=O) groups is 1. The highest BCUT2D eigenvalue weighted by Crippen LogP contribution is 2.29.